The van der Waals surface area contributed by atoms with E-state index in [0.29, 0.717) is 30.7 Å². The Bertz CT molecular complexity index is 790. The summed E-state index contributed by atoms with van der Waals surface area (Å²) in [6.07, 6.45) is 4.40. The van der Waals surface area contributed by atoms with Crippen LogP contribution < -0.4 is 0 Å². The summed E-state index contributed by atoms with van der Waals surface area (Å²) in [5.41, 5.74) is 0.954. The van der Waals surface area contributed by atoms with Gasteiger partial charge in [0.1, 0.15) is 0 Å². The monoisotopic (exact) mass is 371 g/mol. The molecule has 0 spiro atoms. The Kier molecular flexibility index (Phi) is 5.83. The first-order valence-corrected chi connectivity index (χ1v) is 9.15. The predicted molar refractivity (Wildman–Crippen MR) is 97.1 cm³/mol. The Morgan fingerprint density at radius 1 is 1.44 bits per heavy atom. The van der Waals surface area contributed by atoms with Gasteiger partial charge in [0.25, 0.3) is 0 Å². The molecule has 0 aliphatic carbocycles. The second kappa shape index (κ2) is 8.28. The van der Waals surface area contributed by atoms with Crippen molar-refractivity contribution in [2.45, 2.75) is 39.8 Å². The molecule has 8 heteroatoms. The average Bonchev–Trinajstić information content (AvgIpc) is 3.21. The molecule has 2 aromatic rings. The Labute approximate surface area is 158 Å². The molecule has 0 N–H and O–H groups in total. The number of aromatic nitrogens is 3. The molecular formula is C19H25N5O3. The van der Waals surface area contributed by atoms with Gasteiger partial charge in [-0.05, 0) is 17.5 Å². The van der Waals surface area contributed by atoms with Crippen LogP contribution in [0.4, 0.5) is 0 Å². The topological polar surface area (TPSA) is 92.4 Å². The highest BCUT2D eigenvalue weighted by molar-refractivity contribution is 5.89. The molecule has 2 aromatic heterocycles. The van der Waals surface area contributed by atoms with Gasteiger partial charge < -0.3 is 14.3 Å². The zero-order valence-electron chi connectivity index (χ0n) is 16.0. The van der Waals surface area contributed by atoms with Crippen molar-refractivity contribution in [3.05, 3.63) is 41.8 Å². The van der Waals surface area contributed by atoms with Gasteiger partial charge in [-0.3, -0.25) is 14.6 Å². The third kappa shape index (κ3) is 4.90. The zero-order chi connectivity index (χ0) is 19.4. The minimum atomic E-state index is -0.350. The molecule has 3 rings (SSSR count). The number of hydrogen-bond acceptors (Lipinski definition) is 6. The SMILES string of the molecule is CC(C)Cc1noc(CN(C)C(=O)[C@@H]2CC(=O)N(Cc3cccnc3)C2)n1. The molecule has 0 aromatic carbocycles. The summed E-state index contributed by atoms with van der Waals surface area (Å²) in [6.45, 7) is 5.30. The molecule has 27 heavy (non-hydrogen) atoms. The first-order valence-electron chi connectivity index (χ1n) is 9.15. The van der Waals surface area contributed by atoms with E-state index in [1.807, 2.05) is 12.1 Å². The molecule has 1 aliphatic rings. The number of carbonyl (C=O) groups is 2. The number of likely N-dealkylation sites (tertiary alicyclic amines) is 1. The molecule has 0 bridgehead atoms. The summed E-state index contributed by atoms with van der Waals surface area (Å²) in [7, 11) is 1.70. The van der Waals surface area contributed by atoms with E-state index in [2.05, 4.69) is 29.0 Å². The van der Waals surface area contributed by atoms with Gasteiger partial charge >= 0.3 is 0 Å². The van der Waals surface area contributed by atoms with E-state index in [0.717, 1.165) is 12.0 Å². The quantitative estimate of drug-likeness (QED) is 0.735. The van der Waals surface area contributed by atoms with E-state index in [9.17, 15) is 9.59 Å². The molecule has 0 saturated carbocycles. The number of carbonyl (C=O) groups excluding carboxylic acids is 2. The minimum absolute atomic E-state index is 0.0115. The molecule has 0 unspecified atom stereocenters. The first kappa shape index (κ1) is 19.0. The molecule has 8 nitrogen and oxygen atoms in total. The van der Waals surface area contributed by atoms with Crippen molar-refractivity contribution in [3.8, 4) is 0 Å². The van der Waals surface area contributed by atoms with Crippen molar-refractivity contribution in [1.29, 1.82) is 0 Å². The second-order valence-corrected chi connectivity index (χ2v) is 7.43. The van der Waals surface area contributed by atoms with Crippen molar-refractivity contribution in [2.24, 2.45) is 11.8 Å². The molecule has 1 aliphatic heterocycles. The summed E-state index contributed by atoms with van der Waals surface area (Å²) in [4.78, 5) is 36.7. The van der Waals surface area contributed by atoms with Gasteiger partial charge in [0, 0.05) is 45.4 Å². The molecule has 1 saturated heterocycles. The van der Waals surface area contributed by atoms with Crippen molar-refractivity contribution in [2.75, 3.05) is 13.6 Å². The molecule has 144 valence electrons. The zero-order valence-corrected chi connectivity index (χ0v) is 16.0. The van der Waals surface area contributed by atoms with Crippen LogP contribution in [0.3, 0.4) is 0 Å². The second-order valence-electron chi connectivity index (χ2n) is 7.43. The first-order chi connectivity index (χ1) is 12.9. The lowest BCUT2D eigenvalue weighted by Crippen LogP contribution is -2.34. The maximum absolute atomic E-state index is 12.7. The molecule has 0 radical (unpaired) electrons. The van der Waals surface area contributed by atoms with Crippen LogP contribution in [0.25, 0.3) is 0 Å². The maximum Gasteiger partial charge on any atom is 0.246 e. The molecular weight excluding hydrogens is 346 g/mol. The third-order valence-corrected chi connectivity index (χ3v) is 4.51. The standard InChI is InChI=1S/C19H25N5O3/c1-13(2)7-16-21-17(27-22-16)12-23(3)19(26)15-8-18(25)24(11-15)10-14-5-4-6-20-9-14/h4-6,9,13,15H,7-8,10-12H2,1-3H3/t15-/m1/s1. The number of hydrogen-bond donors (Lipinski definition) is 0. The number of pyridine rings is 1. The van der Waals surface area contributed by atoms with Crippen LogP contribution >= 0.6 is 0 Å². The lowest BCUT2D eigenvalue weighted by atomic mass is 10.1. The van der Waals surface area contributed by atoms with Crippen LogP contribution in [-0.4, -0.2) is 50.3 Å². The number of amides is 2. The van der Waals surface area contributed by atoms with E-state index in [1.165, 1.54) is 0 Å². The van der Waals surface area contributed by atoms with E-state index in [-0.39, 0.29) is 30.7 Å². The van der Waals surface area contributed by atoms with Gasteiger partial charge in [0.05, 0.1) is 12.5 Å². The van der Waals surface area contributed by atoms with Crippen LogP contribution in [0.15, 0.2) is 29.0 Å². The molecule has 1 fully saturated rings. The Morgan fingerprint density at radius 2 is 2.26 bits per heavy atom. The maximum atomic E-state index is 12.7. The van der Waals surface area contributed by atoms with Gasteiger partial charge in [0.15, 0.2) is 5.82 Å². The van der Waals surface area contributed by atoms with Crippen molar-refractivity contribution in [3.63, 3.8) is 0 Å². The number of rotatable bonds is 7. The van der Waals surface area contributed by atoms with Crippen molar-refractivity contribution >= 4 is 11.8 Å². The molecule has 1 atom stereocenters. The summed E-state index contributed by atoms with van der Waals surface area (Å²) in [5.74, 6) is 1.06. The normalized spacial score (nSPS) is 17.0. The summed E-state index contributed by atoms with van der Waals surface area (Å²) in [6, 6.07) is 3.76. The smallest absolute Gasteiger partial charge is 0.246 e. The Morgan fingerprint density at radius 3 is 2.96 bits per heavy atom. The highest BCUT2D eigenvalue weighted by Gasteiger charge is 2.36. The lowest BCUT2D eigenvalue weighted by molar-refractivity contribution is -0.135. The predicted octanol–water partition coefficient (Wildman–Crippen LogP) is 1.67. The summed E-state index contributed by atoms with van der Waals surface area (Å²) in [5, 5.41) is 3.94. The van der Waals surface area contributed by atoms with Crippen LogP contribution in [-0.2, 0) is 29.1 Å². The van der Waals surface area contributed by atoms with E-state index >= 15 is 0 Å². The van der Waals surface area contributed by atoms with Crippen molar-refractivity contribution in [1.82, 2.24) is 24.9 Å². The van der Waals surface area contributed by atoms with Gasteiger partial charge in [-0.2, -0.15) is 4.98 Å². The third-order valence-electron chi connectivity index (χ3n) is 4.51. The average molecular weight is 371 g/mol. The van der Waals surface area contributed by atoms with Gasteiger partial charge in [-0.25, -0.2) is 0 Å². The fraction of sp³-hybridized carbons (Fsp3) is 0.526. The van der Waals surface area contributed by atoms with Crippen molar-refractivity contribution < 1.29 is 14.1 Å². The fourth-order valence-corrected chi connectivity index (χ4v) is 3.20. The van der Waals surface area contributed by atoms with Crippen LogP contribution in [0.2, 0.25) is 0 Å². The van der Waals surface area contributed by atoms with E-state index in [1.54, 1.807) is 29.2 Å². The van der Waals surface area contributed by atoms with E-state index < -0.39 is 0 Å². The fourth-order valence-electron chi connectivity index (χ4n) is 3.20. The summed E-state index contributed by atoms with van der Waals surface area (Å²) >= 11 is 0. The highest BCUT2D eigenvalue weighted by atomic mass is 16.5. The summed E-state index contributed by atoms with van der Waals surface area (Å²) < 4.78 is 5.23. The minimum Gasteiger partial charge on any atom is -0.337 e. The Hall–Kier alpha value is -2.77. The van der Waals surface area contributed by atoms with Crippen LogP contribution in [0.1, 0.15) is 37.5 Å². The number of nitrogens with zero attached hydrogens (tertiary/aromatic N) is 5. The van der Waals surface area contributed by atoms with Gasteiger partial charge in [-0.1, -0.05) is 25.1 Å². The van der Waals surface area contributed by atoms with Crippen LogP contribution in [0.5, 0.6) is 0 Å². The van der Waals surface area contributed by atoms with Gasteiger partial charge in [-0.15, -0.1) is 0 Å². The highest BCUT2D eigenvalue weighted by Crippen LogP contribution is 2.22. The van der Waals surface area contributed by atoms with E-state index in [4.69, 9.17) is 4.52 Å². The molecule has 3 heterocycles. The molecule has 2 amide bonds. The Balaban J connectivity index is 1.55. The van der Waals surface area contributed by atoms with Gasteiger partial charge in [0.2, 0.25) is 17.7 Å². The largest absolute Gasteiger partial charge is 0.337 e. The lowest BCUT2D eigenvalue weighted by Gasteiger charge is -2.20. The van der Waals surface area contributed by atoms with Crippen LogP contribution in [0, 0.1) is 11.8 Å².